The zero-order chi connectivity index (χ0) is 21.3. The summed E-state index contributed by atoms with van der Waals surface area (Å²) in [6.45, 7) is 6.22. The molecule has 0 radical (unpaired) electrons. The standard InChI is InChI=1S/C23H23N3O3S/c1-15-4-8-17(9-5-15)23(3)21(27)26(22(28)25-23)12-18-14-30-20(24-18)13-29-19-10-6-16(2)7-11-19/h4-11,14H,12-13H2,1-3H3,(H,25,28). The summed E-state index contributed by atoms with van der Waals surface area (Å²) in [5.41, 5.74) is 2.63. The van der Waals surface area contributed by atoms with Crippen LogP contribution in [0.15, 0.2) is 53.9 Å². The van der Waals surface area contributed by atoms with Crippen molar-refractivity contribution in [1.29, 1.82) is 0 Å². The number of benzene rings is 2. The first-order valence-corrected chi connectivity index (χ1v) is 10.6. The summed E-state index contributed by atoms with van der Waals surface area (Å²) >= 11 is 1.45. The number of nitrogens with one attached hydrogen (secondary N) is 1. The van der Waals surface area contributed by atoms with Gasteiger partial charge >= 0.3 is 6.03 Å². The molecule has 3 aromatic rings. The molecule has 1 fully saturated rings. The highest BCUT2D eigenvalue weighted by molar-refractivity contribution is 7.09. The Morgan fingerprint density at radius 2 is 1.67 bits per heavy atom. The lowest BCUT2D eigenvalue weighted by molar-refractivity contribution is -0.131. The van der Waals surface area contributed by atoms with E-state index in [9.17, 15) is 9.59 Å². The number of carbonyl (C=O) groups is 2. The summed E-state index contributed by atoms with van der Waals surface area (Å²) in [4.78, 5) is 31.3. The number of hydrogen-bond donors (Lipinski definition) is 1. The van der Waals surface area contributed by atoms with E-state index in [1.165, 1.54) is 21.8 Å². The first kappa shape index (κ1) is 20.1. The van der Waals surface area contributed by atoms with Crippen molar-refractivity contribution in [3.05, 3.63) is 81.3 Å². The number of thiazole rings is 1. The van der Waals surface area contributed by atoms with Crippen molar-refractivity contribution < 1.29 is 14.3 Å². The normalized spacial score (nSPS) is 18.6. The molecule has 3 amide bonds. The Morgan fingerprint density at radius 1 is 1.03 bits per heavy atom. The number of urea groups is 1. The van der Waals surface area contributed by atoms with Crippen LogP contribution in [-0.2, 0) is 23.5 Å². The van der Waals surface area contributed by atoms with E-state index in [0.29, 0.717) is 12.3 Å². The number of aryl methyl sites for hydroxylation is 2. The van der Waals surface area contributed by atoms with Gasteiger partial charge in [-0.25, -0.2) is 9.78 Å². The van der Waals surface area contributed by atoms with Crippen LogP contribution in [0.4, 0.5) is 4.79 Å². The number of hydrogen-bond acceptors (Lipinski definition) is 5. The molecule has 1 aliphatic heterocycles. The van der Waals surface area contributed by atoms with Crippen LogP contribution in [0.3, 0.4) is 0 Å². The molecule has 1 N–H and O–H groups in total. The van der Waals surface area contributed by atoms with Crippen molar-refractivity contribution in [3.8, 4) is 5.75 Å². The van der Waals surface area contributed by atoms with Crippen molar-refractivity contribution in [3.63, 3.8) is 0 Å². The SMILES string of the molecule is Cc1ccc(OCc2nc(CN3C(=O)NC(C)(c4ccc(C)cc4)C3=O)cs2)cc1. The zero-order valence-corrected chi connectivity index (χ0v) is 18.0. The second-order valence-corrected chi connectivity index (χ2v) is 8.59. The van der Waals surface area contributed by atoms with Crippen LogP contribution in [0.5, 0.6) is 5.75 Å². The van der Waals surface area contributed by atoms with Crippen LogP contribution in [-0.4, -0.2) is 21.8 Å². The molecule has 1 saturated heterocycles. The van der Waals surface area contributed by atoms with Crippen molar-refractivity contribution in [2.24, 2.45) is 0 Å². The molecule has 1 atom stereocenters. The maximum atomic E-state index is 13.1. The van der Waals surface area contributed by atoms with Gasteiger partial charge in [0.2, 0.25) is 0 Å². The van der Waals surface area contributed by atoms with Gasteiger partial charge in [0.15, 0.2) is 0 Å². The average molecular weight is 422 g/mol. The van der Waals surface area contributed by atoms with Crippen LogP contribution in [0.2, 0.25) is 0 Å². The lowest BCUT2D eigenvalue weighted by Gasteiger charge is -2.22. The summed E-state index contributed by atoms with van der Waals surface area (Å²) in [5.74, 6) is 0.502. The molecule has 0 saturated carbocycles. The monoisotopic (exact) mass is 421 g/mol. The Balaban J connectivity index is 1.43. The van der Waals surface area contributed by atoms with Gasteiger partial charge in [-0.3, -0.25) is 9.69 Å². The van der Waals surface area contributed by atoms with Gasteiger partial charge in [0, 0.05) is 5.38 Å². The van der Waals surface area contributed by atoms with Crippen LogP contribution < -0.4 is 10.1 Å². The third kappa shape index (κ3) is 3.93. The third-order valence-corrected chi connectivity index (χ3v) is 6.08. The summed E-state index contributed by atoms with van der Waals surface area (Å²) in [7, 11) is 0. The van der Waals surface area contributed by atoms with Crippen molar-refractivity contribution in [1.82, 2.24) is 15.2 Å². The number of imide groups is 1. The molecule has 7 heteroatoms. The molecule has 1 aliphatic rings. The first-order valence-electron chi connectivity index (χ1n) is 9.69. The van der Waals surface area contributed by atoms with Crippen molar-refractivity contribution >= 4 is 23.3 Å². The van der Waals surface area contributed by atoms with Crippen LogP contribution in [0.25, 0.3) is 0 Å². The lowest BCUT2D eigenvalue weighted by Crippen LogP contribution is -2.40. The van der Waals surface area contributed by atoms with Gasteiger partial charge in [0.05, 0.1) is 12.2 Å². The highest BCUT2D eigenvalue weighted by atomic mass is 32.1. The fraction of sp³-hybridized carbons (Fsp3) is 0.261. The van der Waals surface area contributed by atoms with E-state index < -0.39 is 11.6 Å². The van der Waals surface area contributed by atoms with Crippen LogP contribution in [0, 0.1) is 13.8 Å². The lowest BCUT2D eigenvalue weighted by atomic mass is 9.91. The predicted molar refractivity (Wildman–Crippen MR) is 115 cm³/mol. The minimum Gasteiger partial charge on any atom is -0.486 e. The topological polar surface area (TPSA) is 71.5 Å². The van der Waals surface area contributed by atoms with E-state index in [1.807, 2.05) is 67.8 Å². The maximum Gasteiger partial charge on any atom is 0.325 e. The minimum absolute atomic E-state index is 0.132. The van der Waals surface area contributed by atoms with E-state index in [2.05, 4.69) is 10.3 Å². The maximum absolute atomic E-state index is 13.1. The summed E-state index contributed by atoms with van der Waals surface area (Å²) in [6, 6.07) is 15.0. The Bertz CT molecular complexity index is 1080. The second kappa shape index (κ2) is 7.91. The predicted octanol–water partition coefficient (Wildman–Crippen LogP) is 4.31. The van der Waals surface area contributed by atoms with Crippen molar-refractivity contribution in [2.45, 2.75) is 39.5 Å². The van der Waals surface area contributed by atoms with Crippen LogP contribution >= 0.6 is 11.3 Å². The number of ether oxygens (including phenoxy) is 1. The van der Waals surface area contributed by atoms with Crippen molar-refractivity contribution in [2.75, 3.05) is 0 Å². The molecule has 0 aliphatic carbocycles. The molecule has 1 aromatic heterocycles. The molecule has 2 heterocycles. The fourth-order valence-corrected chi connectivity index (χ4v) is 4.05. The van der Waals surface area contributed by atoms with Gasteiger partial charge in [0.1, 0.15) is 22.9 Å². The molecule has 0 bridgehead atoms. The highest BCUT2D eigenvalue weighted by Gasteiger charge is 2.49. The number of rotatable bonds is 6. The molecule has 2 aromatic carbocycles. The number of nitrogens with zero attached hydrogens (tertiary/aromatic N) is 2. The molecule has 30 heavy (non-hydrogen) atoms. The summed E-state index contributed by atoms with van der Waals surface area (Å²) < 4.78 is 5.76. The van der Waals surface area contributed by atoms with Gasteiger partial charge in [-0.05, 0) is 38.5 Å². The average Bonchev–Trinajstić information content (AvgIpc) is 3.26. The Morgan fingerprint density at radius 3 is 2.33 bits per heavy atom. The van der Waals surface area contributed by atoms with Gasteiger partial charge in [0.25, 0.3) is 5.91 Å². The number of amides is 3. The Hall–Kier alpha value is -3.19. The fourth-order valence-electron chi connectivity index (χ4n) is 3.35. The van der Waals surface area contributed by atoms with Crippen LogP contribution in [0.1, 0.15) is 34.3 Å². The molecule has 6 nitrogen and oxygen atoms in total. The summed E-state index contributed by atoms with van der Waals surface area (Å²) in [6.07, 6.45) is 0. The van der Waals surface area contributed by atoms with E-state index in [0.717, 1.165) is 21.9 Å². The molecule has 154 valence electrons. The molecule has 0 spiro atoms. The van der Waals surface area contributed by atoms with Gasteiger partial charge in [-0.1, -0.05) is 47.5 Å². The molecule has 1 unspecified atom stereocenters. The van der Waals surface area contributed by atoms with Gasteiger partial charge in [-0.2, -0.15) is 0 Å². The smallest absolute Gasteiger partial charge is 0.325 e. The first-order chi connectivity index (χ1) is 14.3. The zero-order valence-electron chi connectivity index (χ0n) is 17.1. The molecular formula is C23H23N3O3S. The second-order valence-electron chi connectivity index (χ2n) is 7.65. The van der Waals surface area contributed by atoms with E-state index in [-0.39, 0.29) is 12.5 Å². The molecule has 4 rings (SSSR count). The third-order valence-electron chi connectivity index (χ3n) is 5.21. The largest absolute Gasteiger partial charge is 0.486 e. The van der Waals surface area contributed by atoms with E-state index >= 15 is 0 Å². The van der Waals surface area contributed by atoms with Gasteiger partial charge < -0.3 is 10.1 Å². The Labute approximate surface area is 179 Å². The van der Waals surface area contributed by atoms with Gasteiger partial charge in [-0.15, -0.1) is 11.3 Å². The van der Waals surface area contributed by atoms with E-state index in [1.54, 1.807) is 6.92 Å². The number of carbonyl (C=O) groups excluding carboxylic acids is 2. The quantitative estimate of drug-likeness (QED) is 0.602. The summed E-state index contributed by atoms with van der Waals surface area (Å²) in [5, 5.41) is 5.48. The highest BCUT2D eigenvalue weighted by Crippen LogP contribution is 2.30. The van der Waals surface area contributed by atoms with E-state index in [4.69, 9.17) is 4.74 Å². The molecular weight excluding hydrogens is 398 g/mol. The number of aromatic nitrogens is 1. The minimum atomic E-state index is -1.07. The Kier molecular flexibility index (Phi) is 5.30.